The highest BCUT2D eigenvalue weighted by Gasteiger charge is 2.16. The van der Waals surface area contributed by atoms with Crippen molar-refractivity contribution in [1.82, 2.24) is 19.9 Å². The minimum absolute atomic E-state index is 0.315. The van der Waals surface area contributed by atoms with Crippen LogP contribution in [0.15, 0.2) is 176 Å². The Morgan fingerprint density at radius 3 is 1.36 bits per heavy atom. The van der Waals surface area contributed by atoms with Crippen molar-refractivity contribution in [2.24, 2.45) is 0 Å². The summed E-state index contributed by atoms with van der Waals surface area (Å²) in [6.45, 7) is 11.1. The van der Waals surface area contributed by atoms with Crippen molar-refractivity contribution in [3.05, 3.63) is 193 Å². The van der Waals surface area contributed by atoms with Crippen molar-refractivity contribution in [1.29, 1.82) is 0 Å². The minimum atomic E-state index is 0.315. The normalized spacial score (nSPS) is 14.1. The van der Waals surface area contributed by atoms with Crippen LogP contribution in [0.4, 0.5) is 0 Å². The average molecular weight is 1190 g/mol. The highest BCUT2D eigenvalue weighted by molar-refractivity contribution is 6.05. The molecule has 0 spiro atoms. The fourth-order valence-electron chi connectivity index (χ4n) is 9.94. The monoisotopic (exact) mass is 1190 g/mol. The summed E-state index contributed by atoms with van der Waals surface area (Å²) in [5.41, 5.74) is 11.5. The van der Waals surface area contributed by atoms with Gasteiger partial charge < -0.3 is 56.8 Å². The third-order valence-electron chi connectivity index (χ3n) is 14.6. The molecule has 0 N–H and O–H groups in total. The van der Waals surface area contributed by atoms with Crippen LogP contribution in [-0.2, 0) is 44.3 Å². The molecule has 0 unspecified atom stereocenters. The van der Waals surface area contributed by atoms with Gasteiger partial charge in [0.15, 0.2) is 0 Å². The molecule has 4 aromatic heterocycles. The van der Waals surface area contributed by atoms with Crippen LogP contribution in [-0.4, -0.2) is 152 Å². The predicted octanol–water partition coefficient (Wildman–Crippen LogP) is 12.7. The van der Waals surface area contributed by atoms with Crippen LogP contribution >= 0.6 is 0 Å². The standard InChI is InChI=1S/C72H74N4O12/c1-52-4-20-61(21-5-52)85-46-42-82-40-38-79-36-37-80-39-41-83-44-48-87-63-24-13-54(14-25-63)65-26-15-57-10-11-58-17-28-67(76-72(58)71(57)74-65)64-51-59-18-29-68(64)88-49-45-84-35-33-78-31-3-2-30-77-32-34-81-43-47-86-62-22-6-53(7-23-62)50-60-19-12-55-8-9-56-16-27-66(59)75-70(56)69(55)73-60/h2-29,51H,30-50H2,1H3. The van der Waals surface area contributed by atoms with E-state index in [-0.39, 0.29) is 0 Å². The van der Waals surface area contributed by atoms with Gasteiger partial charge >= 0.3 is 0 Å². The molecule has 13 rings (SSSR count). The van der Waals surface area contributed by atoms with Crippen molar-refractivity contribution in [3.8, 4) is 56.8 Å². The quantitative estimate of drug-likeness (QED) is 0.0426. The molecule has 0 radical (unpaired) electrons. The zero-order valence-electron chi connectivity index (χ0n) is 49.8. The molecular weight excluding hydrogens is 1110 g/mol. The fraction of sp³-hybridized carbons (Fsp3) is 0.306. The second-order valence-corrected chi connectivity index (χ2v) is 20.9. The summed E-state index contributed by atoms with van der Waals surface area (Å²) in [5, 5.41) is 3.95. The van der Waals surface area contributed by atoms with Gasteiger partial charge in [-0.15, -0.1) is 0 Å². The van der Waals surface area contributed by atoms with E-state index in [1.165, 1.54) is 5.56 Å². The van der Waals surface area contributed by atoms with Gasteiger partial charge in [-0.25, -0.2) is 15.0 Å². The molecule has 454 valence electrons. The number of fused-ring (bicyclic) bond motifs is 5. The molecule has 16 nitrogen and oxygen atoms in total. The molecule has 8 bridgehead atoms. The highest BCUT2D eigenvalue weighted by Crippen LogP contribution is 2.37. The number of benzene rings is 6. The van der Waals surface area contributed by atoms with E-state index in [9.17, 15) is 0 Å². The lowest BCUT2D eigenvalue weighted by atomic mass is 10.0. The summed E-state index contributed by atoms with van der Waals surface area (Å²) in [6.07, 6.45) is 4.54. The first-order valence-electron chi connectivity index (χ1n) is 30.2. The van der Waals surface area contributed by atoms with E-state index >= 15 is 0 Å². The molecule has 0 atom stereocenters. The maximum absolute atomic E-state index is 6.54. The Bertz CT molecular complexity index is 3850. The van der Waals surface area contributed by atoms with Crippen LogP contribution in [0.3, 0.4) is 0 Å². The van der Waals surface area contributed by atoms with Crippen LogP contribution in [0.2, 0.25) is 0 Å². The SMILES string of the molecule is Cc1ccc(OCCOCCOCCOCCOCCOc2ccc(-c3ccc4ccc5ccc(-c6cc7ccc6OCCOCCOCC=CCOCCOCCOc6ccc(cc6)Cc6ccc8ccc9ccc-7nc9c8n6)nc5c4n3)cc2)cc1. The first-order chi connectivity index (χ1) is 43.6. The molecular formula is C72H74N4O12. The molecule has 3 aliphatic heterocycles. The molecule has 16 heteroatoms. The third kappa shape index (κ3) is 17.6. The van der Waals surface area contributed by atoms with Crippen LogP contribution < -0.4 is 18.9 Å². The Labute approximate surface area is 513 Å². The van der Waals surface area contributed by atoms with Gasteiger partial charge in [0, 0.05) is 50.4 Å². The average Bonchev–Trinajstić information content (AvgIpc) is 2.19. The zero-order chi connectivity index (χ0) is 59.8. The molecule has 7 heterocycles. The molecule has 3 aliphatic rings. The van der Waals surface area contributed by atoms with Crippen LogP contribution in [0.5, 0.6) is 23.0 Å². The van der Waals surface area contributed by atoms with Gasteiger partial charge in [0.2, 0.25) is 0 Å². The first kappa shape index (κ1) is 61.2. The number of pyridine rings is 4. The summed E-state index contributed by atoms with van der Waals surface area (Å²) in [5.74, 6) is 3.03. The number of hydrogen-bond donors (Lipinski definition) is 0. The molecule has 0 aliphatic carbocycles. The number of ether oxygens (including phenoxy) is 12. The van der Waals surface area contributed by atoms with E-state index in [0.717, 1.165) is 106 Å². The Morgan fingerprint density at radius 1 is 0.364 bits per heavy atom. The Hall–Kier alpha value is -8.42. The lowest BCUT2D eigenvalue weighted by Gasteiger charge is -2.15. The van der Waals surface area contributed by atoms with Crippen molar-refractivity contribution < 1.29 is 56.8 Å². The van der Waals surface area contributed by atoms with Gasteiger partial charge in [-0.1, -0.05) is 90.5 Å². The largest absolute Gasteiger partial charge is 0.491 e. The molecule has 0 fully saturated rings. The number of hydrogen-bond acceptors (Lipinski definition) is 16. The van der Waals surface area contributed by atoms with E-state index in [0.29, 0.717) is 144 Å². The maximum atomic E-state index is 6.54. The second kappa shape index (κ2) is 32.5. The predicted molar refractivity (Wildman–Crippen MR) is 342 cm³/mol. The highest BCUT2D eigenvalue weighted by atomic mass is 16.6. The summed E-state index contributed by atoms with van der Waals surface area (Å²) in [4.78, 5) is 21.2. The van der Waals surface area contributed by atoms with Gasteiger partial charge in [-0.05, 0) is 103 Å². The molecule has 10 aromatic rings. The van der Waals surface area contributed by atoms with Gasteiger partial charge in [0.25, 0.3) is 0 Å². The van der Waals surface area contributed by atoms with E-state index in [4.69, 9.17) is 76.8 Å². The Balaban J connectivity index is 0.741. The van der Waals surface area contributed by atoms with Crippen molar-refractivity contribution in [3.63, 3.8) is 0 Å². The van der Waals surface area contributed by atoms with Gasteiger partial charge in [0.05, 0.1) is 145 Å². The molecule has 6 aromatic carbocycles. The van der Waals surface area contributed by atoms with Crippen LogP contribution in [0.1, 0.15) is 16.8 Å². The van der Waals surface area contributed by atoms with Crippen LogP contribution in [0.25, 0.3) is 77.4 Å². The van der Waals surface area contributed by atoms with E-state index < -0.39 is 0 Å². The first-order valence-corrected chi connectivity index (χ1v) is 30.2. The lowest BCUT2D eigenvalue weighted by molar-refractivity contribution is -0.00698. The summed E-state index contributed by atoms with van der Waals surface area (Å²) in [6, 6.07) is 55.3. The minimum Gasteiger partial charge on any atom is -0.491 e. The van der Waals surface area contributed by atoms with Crippen molar-refractivity contribution in [2.75, 3.05) is 132 Å². The fourth-order valence-corrected chi connectivity index (χ4v) is 9.94. The second-order valence-electron chi connectivity index (χ2n) is 20.9. The van der Waals surface area contributed by atoms with Gasteiger partial charge in [-0.2, -0.15) is 0 Å². The Morgan fingerprint density at radius 2 is 0.795 bits per heavy atom. The maximum Gasteiger partial charge on any atom is 0.128 e. The van der Waals surface area contributed by atoms with E-state index in [2.05, 4.69) is 85.8 Å². The molecule has 88 heavy (non-hydrogen) atoms. The van der Waals surface area contributed by atoms with Gasteiger partial charge in [-0.3, -0.25) is 4.98 Å². The smallest absolute Gasteiger partial charge is 0.128 e. The lowest BCUT2D eigenvalue weighted by Crippen LogP contribution is -2.14. The molecule has 0 amide bonds. The molecule has 0 saturated heterocycles. The summed E-state index contributed by atoms with van der Waals surface area (Å²) >= 11 is 0. The summed E-state index contributed by atoms with van der Waals surface area (Å²) < 4.78 is 69.9. The number of nitrogens with zero attached hydrogens (tertiary/aromatic N) is 4. The number of aromatic nitrogens is 4. The topological polar surface area (TPSA) is 162 Å². The molecule has 0 saturated carbocycles. The number of aryl methyl sites for hydroxylation is 1. The third-order valence-corrected chi connectivity index (χ3v) is 14.6. The van der Waals surface area contributed by atoms with E-state index in [1.807, 2.05) is 97.1 Å². The number of rotatable bonds is 19. The van der Waals surface area contributed by atoms with E-state index in [1.54, 1.807) is 0 Å². The zero-order valence-corrected chi connectivity index (χ0v) is 49.8. The summed E-state index contributed by atoms with van der Waals surface area (Å²) in [7, 11) is 0. The van der Waals surface area contributed by atoms with Gasteiger partial charge in [0.1, 0.15) is 49.4 Å². The Kier molecular flexibility index (Phi) is 22.6. The van der Waals surface area contributed by atoms with Crippen molar-refractivity contribution >= 4 is 43.6 Å². The van der Waals surface area contributed by atoms with Crippen LogP contribution in [0, 0.1) is 6.92 Å². The van der Waals surface area contributed by atoms with Crippen molar-refractivity contribution in [2.45, 2.75) is 13.3 Å².